The van der Waals surface area contributed by atoms with Gasteiger partial charge in [0.1, 0.15) is 12.3 Å². The SMILES string of the molecule is COc1ccc(-c2n[nH]c(=S)n2CC(=O)Nc2cccc(C(=O)N(C)C)c2)cc1. The van der Waals surface area contributed by atoms with E-state index in [1.807, 2.05) is 24.3 Å². The van der Waals surface area contributed by atoms with Crippen LogP contribution in [-0.4, -0.2) is 52.7 Å². The number of aromatic amines is 1. The van der Waals surface area contributed by atoms with Crippen molar-refractivity contribution in [1.82, 2.24) is 19.7 Å². The fourth-order valence-electron chi connectivity index (χ4n) is 2.76. The molecule has 0 radical (unpaired) electrons. The molecule has 1 aromatic heterocycles. The number of hydrogen-bond acceptors (Lipinski definition) is 5. The molecule has 2 N–H and O–H groups in total. The molecule has 0 aliphatic carbocycles. The number of carbonyl (C=O) groups excluding carboxylic acids is 2. The molecule has 2 aromatic carbocycles. The minimum Gasteiger partial charge on any atom is -0.497 e. The van der Waals surface area contributed by atoms with Gasteiger partial charge in [-0.15, -0.1) is 0 Å². The first-order valence-corrected chi connectivity index (χ1v) is 9.21. The van der Waals surface area contributed by atoms with Crippen LogP contribution in [0.1, 0.15) is 10.4 Å². The highest BCUT2D eigenvalue weighted by Gasteiger charge is 2.14. The number of benzene rings is 2. The number of nitrogens with one attached hydrogen (secondary N) is 2. The van der Waals surface area contributed by atoms with Crippen molar-refractivity contribution in [3.05, 3.63) is 58.9 Å². The van der Waals surface area contributed by atoms with E-state index in [4.69, 9.17) is 17.0 Å². The Labute approximate surface area is 173 Å². The van der Waals surface area contributed by atoms with Gasteiger partial charge < -0.3 is 15.0 Å². The molecule has 0 atom stereocenters. The van der Waals surface area contributed by atoms with Gasteiger partial charge in [0, 0.05) is 30.9 Å². The van der Waals surface area contributed by atoms with Gasteiger partial charge in [-0.25, -0.2) is 0 Å². The molecule has 0 saturated carbocycles. The van der Waals surface area contributed by atoms with Crippen LogP contribution in [0, 0.1) is 4.77 Å². The van der Waals surface area contributed by atoms with E-state index in [2.05, 4.69) is 15.5 Å². The lowest BCUT2D eigenvalue weighted by Gasteiger charge is -2.12. The second-order valence-electron chi connectivity index (χ2n) is 6.50. The van der Waals surface area contributed by atoms with Crippen LogP contribution in [0.3, 0.4) is 0 Å². The van der Waals surface area contributed by atoms with Gasteiger partial charge in [0.25, 0.3) is 5.91 Å². The molecular formula is C20H21N5O3S. The third-order valence-electron chi connectivity index (χ3n) is 4.21. The van der Waals surface area contributed by atoms with E-state index in [1.165, 1.54) is 4.90 Å². The number of H-pyrrole nitrogens is 1. The Hall–Kier alpha value is -3.46. The number of hydrogen-bond donors (Lipinski definition) is 2. The predicted octanol–water partition coefficient (Wildman–Crippen LogP) is 2.96. The Bertz CT molecular complexity index is 1090. The van der Waals surface area contributed by atoms with Crippen molar-refractivity contribution >= 4 is 29.7 Å². The summed E-state index contributed by atoms with van der Waals surface area (Å²) in [6.07, 6.45) is 0. The Balaban J connectivity index is 1.78. The van der Waals surface area contributed by atoms with Crippen molar-refractivity contribution in [3.8, 4) is 17.1 Å². The van der Waals surface area contributed by atoms with Crippen LogP contribution in [-0.2, 0) is 11.3 Å². The molecule has 1 heterocycles. The first kappa shape index (κ1) is 20.3. The first-order chi connectivity index (χ1) is 13.9. The molecule has 0 saturated heterocycles. The van der Waals surface area contributed by atoms with Crippen LogP contribution in [0.15, 0.2) is 48.5 Å². The molecule has 3 aromatic rings. The summed E-state index contributed by atoms with van der Waals surface area (Å²) in [6, 6.07) is 14.1. The Kier molecular flexibility index (Phi) is 6.08. The molecule has 150 valence electrons. The summed E-state index contributed by atoms with van der Waals surface area (Å²) in [5.41, 5.74) is 1.82. The number of ether oxygens (including phenoxy) is 1. The summed E-state index contributed by atoms with van der Waals surface area (Å²) in [7, 11) is 4.94. The van der Waals surface area contributed by atoms with Crippen LogP contribution in [0.4, 0.5) is 5.69 Å². The molecule has 8 nitrogen and oxygen atoms in total. The van der Waals surface area contributed by atoms with Crippen molar-refractivity contribution in [3.63, 3.8) is 0 Å². The number of methoxy groups -OCH3 is 1. The topological polar surface area (TPSA) is 92.2 Å². The zero-order chi connectivity index (χ0) is 21.0. The van der Waals surface area contributed by atoms with E-state index < -0.39 is 0 Å². The Morgan fingerprint density at radius 1 is 1.21 bits per heavy atom. The first-order valence-electron chi connectivity index (χ1n) is 8.80. The molecular weight excluding hydrogens is 390 g/mol. The molecule has 2 amide bonds. The van der Waals surface area contributed by atoms with E-state index in [9.17, 15) is 9.59 Å². The van der Waals surface area contributed by atoms with Gasteiger partial charge in [-0.1, -0.05) is 6.07 Å². The molecule has 0 spiro atoms. The maximum atomic E-state index is 12.6. The smallest absolute Gasteiger partial charge is 0.253 e. The highest BCUT2D eigenvalue weighted by Crippen LogP contribution is 2.21. The van der Waals surface area contributed by atoms with Gasteiger partial charge in [0.05, 0.1) is 7.11 Å². The van der Waals surface area contributed by atoms with Gasteiger partial charge in [0.2, 0.25) is 5.91 Å². The van der Waals surface area contributed by atoms with E-state index in [0.29, 0.717) is 21.8 Å². The highest BCUT2D eigenvalue weighted by atomic mass is 32.1. The molecule has 9 heteroatoms. The lowest BCUT2D eigenvalue weighted by molar-refractivity contribution is -0.116. The summed E-state index contributed by atoms with van der Waals surface area (Å²) in [6.45, 7) is -0.0252. The Morgan fingerprint density at radius 2 is 1.93 bits per heavy atom. The monoisotopic (exact) mass is 411 g/mol. The zero-order valence-electron chi connectivity index (χ0n) is 16.3. The Morgan fingerprint density at radius 3 is 2.59 bits per heavy atom. The molecule has 29 heavy (non-hydrogen) atoms. The molecule has 0 bridgehead atoms. The minimum absolute atomic E-state index is 0.0252. The van der Waals surface area contributed by atoms with Crippen molar-refractivity contribution in [1.29, 1.82) is 0 Å². The highest BCUT2D eigenvalue weighted by molar-refractivity contribution is 7.71. The van der Waals surface area contributed by atoms with Gasteiger partial charge in [-0.05, 0) is 54.7 Å². The number of aromatic nitrogens is 3. The lowest BCUT2D eigenvalue weighted by atomic mass is 10.2. The van der Waals surface area contributed by atoms with Crippen LogP contribution in [0.5, 0.6) is 5.75 Å². The van der Waals surface area contributed by atoms with Crippen LogP contribution >= 0.6 is 12.2 Å². The summed E-state index contributed by atoms with van der Waals surface area (Å²) in [5, 5.41) is 9.76. The lowest BCUT2D eigenvalue weighted by Crippen LogP contribution is -2.22. The van der Waals surface area contributed by atoms with Gasteiger partial charge in [0.15, 0.2) is 10.6 Å². The van der Waals surface area contributed by atoms with Crippen LogP contribution < -0.4 is 10.1 Å². The van der Waals surface area contributed by atoms with Gasteiger partial charge in [-0.3, -0.25) is 19.3 Å². The zero-order valence-corrected chi connectivity index (χ0v) is 17.1. The van der Waals surface area contributed by atoms with Crippen molar-refractivity contribution < 1.29 is 14.3 Å². The normalized spacial score (nSPS) is 10.4. The molecule has 3 rings (SSSR count). The van der Waals surface area contributed by atoms with Crippen molar-refractivity contribution in [2.45, 2.75) is 6.54 Å². The maximum Gasteiger partial charge on any atom is 0.253 e. The van der Waals surface area contributed by atoms with E-state index in [1.54, 1.807) is 50.0 Å². The molecule has 0 fully saturated rings. The largest absolute Gasteiger partial charge is 0.497 e. The third-order valence-corrected chi connectivity index (χ3v) is 4.52. The average Bonchev–Trinajstić information content (AvgIpc) is 3.07. The fraction of sp³-hybridized carbons (Fsp3) is 0.200. The maximum absolute atomic E-state index is 12.6. The van der Waals surface area contributed by atoms with Crippen LogP contribution in [0.25, 0.3) is 11.4 Å². The third kappa shape index (κ3) is 4.69. The van der Waals surface area contributed by atoms with Crippen LogP contribution in [0.2, 0.25) is 0 Å². The summed E-state index contributed by atoms with van der Waals surface area (Å²) >= 11 is 5.28. The second-order valence-corrected chi connectivity index (χ2v) is 6.88. The van der Waals surface area contributed by atoms with Crippen molar-refractivity contribution in [2.75, 3.05) is 26.5 Å². The van der Waals surface area contributed by atoms with E-state index in [0.717, 1.165) is 11.3 Å². The predicted molar refractivity (Wildman–Crippen MR) is 112 cm³/mol. The summed E-state index contributed by atoms with van der Waals surface area (Å²) in [5.74, 6) is 0.843. The van der Waals surface area contributed by atoms with E-state index >= 15 is 0 Å². The number of carbonyl (C=O) groups is 2. The summed E-state index contributed by atoms with van der Waals surface area (Å²) in [4.78, 5) is 26.2. The number of nitrogens with zero attached hydrogens (tertiary/aromatic N) is 3. The minimum atomic E-state index is -0.285. The second kappa shape index (κ2) is 8.70. The molecule has 0 aliphatic heterocycles. The quantitative estimate of drug-likeness (QED) is 0.609. The molecule has 0 aliphatic rings. The molecule has 0 unspecified atom stereocenters. The van der Waals surface area contributed by atoms with E-state index in [-0.39, 0.29) is 18.4 Å². The average molecular weight is 411 g/mol. The summed E-state index contributed by atoms with van der Waals surface area (Å²) < 4.78 is 7.11. The standard InChI is InChI=1S/C20H21N5O3S/c1-24(2)19(27)14-5-4-6-15(11-14)21-17(26)12-25-18(22-23-20(25)29)13-7-9-16(28-3)10-8-13/h4-11H,12H2,1-3H3,(H,21,26)(H,23,29). The van der Waals surface area contributed by atoms with Gasteiger partial charge in [-0.2, -0.15) is 5.10 Å². The van der Waals surface area contributed by atoms with Crippen molar-refractivity contribution in [2.24, 2.45) is 0 Å². The fourth-order valence-corrected chi connectivity index (χ4v) is 2.95. The van der Waals surface area contributed by atoms with Gasteiger partial charge >= 0.3 is 0 Å². The number of amides is 2. The number of rotatable bonds is 6. The number of anilines is 1.